The Morgan fingerprint density at radius 3 is 2.73 bits per heavy atom. The Balaban J connectivity index is 3.92. The molecule has 0 aromatic rings. The van der Waals surface area contributed by atoms with Crippen molar-refractivity contribution in [2.45, 2.75) is 19.9 Å². The van der Waals surface area contributed by atoms with Gasteiger partial charge in [-0.05, 0) is 13.5 Å². The summed E-state index contributed by atoms with van der Waals surface area (Å²) in [5.74, 6) is 0.0300. The Kier molecular flexibility index (Phi) is 8.27. The lowest BCUT2D eigenvalue weighted by Gasteiger charge is -2.26. The second-order valence-electron chi connectivity index (χ2n) is 3.38. The lowest BCUT2D eigenvalue weighted by atomic mass is 10.2. The third-order valence-corrected chi connectivity index (χ3v) is 2.36. The third-order valence-electron chi connectivity index (χ3n) is 2.36. The highest BCUT2D eigenvalue weighted by molar-refractivity contribution is 5.81. The predicted molar refractivity (Wildman–Crippen MR) is 60.6 cm³/mol. The lowest BCUT2D eigenvalue weighted by Crippen LogP contribution is -2.47. The quantitative estimate of drug-likeness (QED) is 0.534. The van der Waals surface area contributed by atoms with Gasteiger partial charge in [0.05, 0.1) is 12.6 Å². The molecule has 0 aliphatic carbocycles. The van der Waals surface area contributed by atoms with Gasteiger partial charge < -0.3 is 15.8 Å². The molecular formula is C10H23N3O2. The third kappa shape index (κ3) is 5.71. The van der Waals surface area contributed by atoms with Crippen LogP contribution < -0.4 is 11.1 Å². The van der Waals surface area contributed by atoms with Crippen molar-refractivity contribution in [3.05, 3.63) is 0 Å². The molecule has 5 nitrogen and oxygen atoms in total. The van der Waals surface area contributed by atoms with Gasteiger partial charge >= 0.3 is 0 Å². The van der Waals surface area contributed by atoms with Crippen LogP contribution in [0, 0.1) is 0 Å². The first-order chi connectivity index (χ1) is 7.17. The largest absolute Gasteiger partial charge is 0.383 e. The average Bonchev–Trinajstić information content (AvgIpc) is 2.25. The van der Waals surface area contributed by atoms with Gasteiger partial charge in [-0.15, -0.1) is 0 Å². The zero-order chi connectivity index (χ0) is 11.7. The molecule has 0 fully saturated rings. The number of amides is 1. The van der Waals surface area contributed by atoms with Crippen LogP contribution in [0.1, 0.15) is 13.8 Å². The SMILES string of the molecule is CCN(CCN)C(C)C(=O)NCCOC. The summed E-state index contributed by atoms with van der Waals surface area (Å²) in [5, 5.41) is 2.81. The normalized spacial score (nSPS) is 12.9. The van der Waals surface area contributed by atoms with E-state index in [1.54, 1.807) is 7.11 Å². The summed E-state index contributed by atoms with van der Waals surface area (Å²) in [6.45, 7) is 7.16. The molecule has 0 aliphatic rings. The topological polar surface area (TPSA) is 67.6 Å². The van der Waals surface area contributed by atoms with E-state index in [9.17, 15) is 4.79 Å². The smallest absolute Gasteiger partial charge is 0.237 e. The summed E-state index contributed by atoms with van der Waals surface area (Å²) in [6.07, 6.45) is 0. The van der Waals surface area contributed by atoms with E-state index in [0.29, 0.717) is 19.7 Å². The van der Waals surface area contributed by atoms with Crippen LogP contribution in [-0.2, 0) is 9.53 Å². The van der Waals surface area contributed by atoms with E-state index in [2.05, 4.69) is 5.32 Å². The van der Waals surface area contributed by atoms with Crippen molar-refractivity contribution in [1.29, 1.82) is 0 Å². The fourth-order valence-corrected chi connectivity index (χ4v) is 1.38. The second kappa shape index (κ2) is 8.64. The zero-order valence-electron chi connectivity index (χ0n) is 9.95. The average molecular weight is 217 g/mol. The Morgan fingerprint density at radius 1 is 1.60 bits per heavy atom. The fourth-order valence-electron chi connectivity index (χ4n) is 1.38. The van der Waals surface area contributed by atoms with Crippen molar-refractivity contribution < 1.29 is 9.53 Å². The van der Waals surface area contributed by atoms with Crippen molar-refractivity contribution in [1.82, 2.24) is 10.2 Å². The fraction of sp³-hybridized carbons (Fsp3) is 0.900. The minimum Gasteiger partial charge on any atom is -0.383 e. The van der Waals surface area contributed by atoms with Crippen LogP contribution in [0.5, 0.6) is 0 Å². The molecule has 0 rings (SSSR count). The van der Waals surface area contributed by atoms with Crippen molar-refractivity contribution in [3.63, 3.8) is 0 Å². The van der Waals surface area contributed by atoms with Gasteiger partial charge in [0.1, 0.15) is 0 Å². The summed E-state index contributed by atoms with van der Waals surface area (Å²) in [6, 6.07) is -0.129. The summed E-state index contributed by atoms with van der Waals surface area (Å²) >= 11 is 0. The number of hydrogen-bond donors (Lipinski definition) is 2. The summed E-state index contributed by atoms with van der Waals surface area (Å²) < 4.78 is 4.86. The molecule has 0 heterocycles. The number of carbonyl (C=O) groups excluding carboxylic acids is 1. The number of carbonyl (C=O) groups is 1. The van der Waals surface area contributed by atoms with Crippen LogP contribution in [0.4, 0.5) is 0 Å². The molecule has 0 aromatic carbocycles. The molecule has 1 amide bonds. The van der Waals surface area contributed by atoms with E-state index >= 15 is 0 Å². The maximum Gasteiger partial charge on any atom is 0.237 e. The molecule has 5 heteroatoms. The van der Waals surface area contributed by atoms with E-state index in [-0.39, 0.29) is 11.9 Å². The molecule has 0 aliphatic heterocycles. The zero-order valence-corrected chi connectivity index (χ0v) is 9.95. The van der Waals surface area contributed by atoms with Crippen LogP contribution in [0.15, 0.2) is 0 Å². The molecular weight excluding hydrogens is 194 g/mol. The highest BCUT2D eigenvalue weighted by Crippen LogP contribution is 1.97. The number of likely N-dealkylation sites (N-methyl/N-ethyl adjacent to an activating group) is 1. The molecule has 0 saturated heterocycles. The number of nitrogens with two attached hydrogens (primary N) is 1. The van der Waals surface area contributed by atoms with E-state index in [4.69, 9.17) is 10.5 Å². The first-order valence-corrected chi connectivity index (χ1v) is 5.38. The van der Waals surface area contributed by atoms with Crippen LogP contribution in [-0.4, -0.2) is 56.7 Å². The van der Waals surface area contributed by atoms with Crippen molar-refractivity contribution >= 4 is 5.91 Å². The Hall–Kier alpha value is -0.650. The van der Waals surface area contributed by atoms with Gasteiger partial charge in [0, 0.05) is 26.7 Å². The molecule has 0 spiro atoms. The lowest BCUT2D eigenvalue weighted by molar-refractivity contribution is -0.126. The molecule has 0 bridgehead atoms. The maximum atomic E-state index is 11.6. The van der Waals surface area contributed by atoms with Gasteiger partial charge in [-0.1, -0.05) is 6.92 Å². The summed E-state index contributed by atoms with van der Waals surface area (Å²) in [5.41, 5.74) is 5.47. The van der Waals surface area contributed by atoms with Crippen LogP contribution in [0.2, 0.25) is 0 Å². The highest BCUT2D eigenvalue weighted by Gasteiger charge is 2.18. The Labute approximate surface area is 91.9 Å². The van der Waals surface area contributed by atoms with E-state index in [1.165, 1.54) is 0 Å². The number of nitrogens with zero attached hydrogens (tertiary/aromatic N) is 1. The highest BCUT2D eigenvalue weighted by atomic mass is 16.5. The van der Waals surface area contributed by atoms with Gasteiger partial charge in [-0.25, -0.2) is 0 Å². The number of ether oxygens (including phenoxy) is 1. The van der Waals surface area contributed by atoms with Gasteiger partial charge in [0.2, 0.25) is 5.91 Å². The van der Waals surface area contributed by atoms with E-state index < -0.39 is 0 Å². The number of methoxy groups -OCH3 is 1. The standard InChI is InChI=1S/C10H23N3O2/c1-4-13(7-5-11)9(2)10(14)12-6-8-15-3/h9H,4-8,11H2,1-3H3,(H,12,14). The monoisotopic (exact) mass is 217 g/mol. The van der Waals surface area contributed by atoms with Crippen LogP contribution in [0.3, 0.4) is 0 Å². The first-order valence-electron chi connectivity index (χ1n) is 5.38. The molecule has 0 radical (unpaired) electrons. The van der Waals surface area contributed by atoms with Crippen molar-refractivity contribution in [2.75, 3.05) is 39.9 Å². The van der Waals surface area contributed by atoms with Gasteiger partial charge in [0.15, 0.2) is 0 Å². The van der Waals surface area contributed by atoms with Gasteiger partial charge in [-0.2, -0.15) is 0 Å². The van der Waals surface area contributed by atoms with E-state index in [0.717, 1.165) is 13.1 Å². The molecule has 0 saturated carbocycles. The number of hydrogen-bond acceptors (Lipinski definition) is 4. The summed E-state index contributed by atoms with van der Waals surface area (Å²) in [7, 11) is 1.61. The van der Waals surface area contributed by atoms with Crippen molar-refractivity contribution in [3.8, 4) is 0 Å². The molecule has 1 atom stereocenters. The molecule has 15 heavy (non-hydrogen) atoms. The summed E-state index contributed by atoms with van der Waals surface area (Å²) in [4.78, 5) is 13.7. The predicted octanol–water partition coefficient (Wildman–Crippen LogP) is -0.582. The van der Waals surface area contributed by atoms with Crippen LogP contribution in [0.25, 0.3) is 0 Å². The number of rotatable bonds is 8. The molecule has 90 valence electrons. The first kappa shape index (κ1) is 14.3. The minimum absolute atomic E-state index is 0.0300. The Bertz CT molecular complexity index is 176. The van der Waals surface area contributed by atoms with E-state index in [1.807, 2.05) is 18.7 Å². The Morgan fingerprint density at radius 2 is 2.27 bits per heavy atom. The van der Waals surface area contributed by atoms with Gasteiger partial charge in [-0.3, -0.25) is 9.69 Å². The second-order valence-corrected chi connectivity index (χ2v) is 3.38. The molecule has 1 unspecified atom stereocenters. The number of nitrogens with one attached hydrogen (secondary N) is 1. The van der Waals surface area contributed by atoms with Crippen LogP contribution >= 0.6 is 0 Å². The molecule has 3 N–H and O–H groups in total. The van der Waals surface area contributed by atoms with Crippen molar-refractivity contribution in [2.24, 2.45) is 5.73 Å². The maximum absolute atomic E-state index is 11.6. The van der Waals surface area contributed by atoms with Gasteiger partial charge in [0.25, 0.3) is 0 Å². The minimum atomic E-state index is -0.129. The molecule has 0 aromatic heterocycles.